The number of carbonyl (C=O) groups is 2. The third kappa shape index (κ3) is 5.59. The smallest absolute Gasteiger partial charge is 0.247 e. The predicted octanol–water partition coefficient (Wildman–Crippen LogP) is 3.86. The fourth-order valence-electron chi connectivity index (χ4n) is 2.70. The van der Waals surface area contributed by atoms with Crippen molar-refractivity contribution >= 4 is 17.4 Å². The second-order valence-electron chi connectivity index (χ2n) is 6.40. The number of benzene rings is 2. The molecule has 0 unspecified atom stereocenters. The van der Waals surface area contributed by atoms with Crippen LogP contribution in [0.3, 0.4) is 0 Å². The van der Waals surface area contributed by atoms with Gasteiger partial charge in [0.1, 0.15) is 6.04 Å². The Balaban J connectivity index is 2.23. The van der Waals surface area contributed by atoms with E-state index in [4.69, 9.17) is 0 Å². The van der Waals surface area contributed by atoms with Crippen molar-refractivity contribution in [3.8, 4) is 0 Å². The number of allylic oxidation sites excluding steroid dienone is 1. The Bertz CT molecular complexity index is 752. The number of carbonyl (C=O) groups excluding carboxylic acids is 2. The molecule has 4 heteroatoms. The first-order valence-electron chi connectivity index (χ1n) is 8.93. The zero-order valence-corrected chi connectivity index (χ0v) is 15.5. The van der Waals surface area contributed by atoms with Gasteiger partial charge in [-0.05, 0) is 37.0 Å². The largest absolute Gasteiger partial charge is 0.352 e. The van der Waals surface area contributed by atoms with E-state index in [0.29, 0.717) is 0 Å². The molecule has 0 saturated heterocycles. The van der Waals surface area contributed by atoms with Gasteiger partial charge in [0.15, 0.2) is 0 Å². The van der Waals surface area contributed by atoms with Crippen LogP contribution in [0.25, 0.3) is 5.57 Å². The van der Waals surface area contributed by atoms with Gasteiger partial charge in [0, 0.05) is 12.1 Å². The van der Waals surface area contributed by atoms with E-state index in [1.54, 1.807) is 6.08 Å². The normalized spacial score (nSPS) is 12.5. The summed E-state index contributed by atoms with van der Waals surface area (Å²) in [5.74, 6) is -0.496. The van der Waals surface area contributed by atoms with Gasteiger partial charge in [0.05, 0.1) is 0 Å². The lowest BCUT2D eigenvalue weighted by atomic mass is 10.0. The molecule has 1 atom stereocenters. The minimum atomic E-state index is -0.726. The summed E-state index contributed by atoms with van der Waals surface area (Å²) < 4.78 is 0. The van der Waals surface area contributed by atoms with E-state index < -0.39 is 6.04 Å². The fraction of sp³-hybridized carbons (Fsp3) is 0.273. The Morgan fingerprint density at radius 2 is 1.50 bits per heavy atom. The van der Waals surface area contributed by atoms with Crippen LogP contribution in [0.2, 0.25) is 0 Å². The molecule has 2 aromatic rings. The van der Waals surface area contributed by atoms with Crippen LogP contribution in [-0.4, -0.2) is 17.9 Å². The Morgan fingerprint density at radius 1 is 0.923 bits per heavy atom. The molecule has 4 nitrogen and oxygen atoms in total. The van der Waals surface area contributed by atoms with Gasteiger partial charge >= 0.3 is 0 Å². The van der Waals surface area contributed by atoms with Crippen molar-refractivity contribution in [2.24, 2.45) is 0 Å². The highest BCUT2D eigenvalue weighted by Crippen LogP contribution is 2.18. The summed E-state index contributed by atoms with van der Waals surface area (Å²) in [6, 6.07) is 18.3. The van der Waals surface area contributed by atoms with E-state index in [0.717, 1.165) is 23.1 Å². The van der Waals surface area contributed by atoms with Crippen LogP contribution in [0, 0.1) is 0 Å². The van der Waals surface area contributed by atoms with Gasteiger partial charge in [0.2, 0.25) is 11.8 Å². The summed E-state index contributed by atoms with van der Waals surface area (Å²) in [5, 5.41) is 5.72. The van der Waals surface area contributed by atoms with Gasteiger partial charge in [0.25, 0.3) is 0 Å². The number of amides is 2. The average Bonchev–Trinajstić information content (AvgIpc) is 2.65. The minimum absolute atomic E-state index is 0.00308. The molecule has 0 aromatic heterocycles. The molecule has 2 amide bonds. The van der Waals surface area contributed by atoms with Crippen LogP contribution >= 0.6 is 0 Å². The molecular weight excluding hydrogens is 324 g/mol. The SMILES string of the molecule is CC/C(=C\C(=O)N[C@H](C(=O)NC(C)C)c1ccccc1)c1ccccc1. The minimum Gasteiger partial charge on any atom is -0.352 e. The number of nitrogens with one attached hydrogen (secondary N) is 2. The fourth-order valence-corrected chi connectivity index (χ4v) is 2.70. The Kier molecular flexibility index (Phi) is 7.15. The second-order valence-corrected chi connectivity index (χ2v) is 6.40. The molecule has 0 heterocycles. The van der Waals surface area contributed by atoms with Crippen molar-refractivity contribution in [1.29, 1.82) is 0 Å². The van der Waals surface area contributed by atoms with E-state index in [1.165, 1.54) is 0 Å². The summed E-state index contributed by atoms with van der Waals surface area (Å²) in [4.78, 5) is 25.2. The van der Waals surface area contributed by atoms with Gasteiger partial charge in [-0.3, -0.25) is 9.59 Å². The zero-order valence-electron chi connectivity index (χ0n) is 15.5. The van der Waals surface area contributed by atoms with Gasteiger partial charge in [-0.15, -0.1) is 0 Å². The molecule has 2 N–H and O–H groups in total. The molecule has 0 aliphatic rings. The molecule has 0 bridgehead atoms. The standard InChI is InChI=1S/C22H26N2O2/c1-4-17(18-11-7-5-8-12-18)15-20(25)24-21(22(26)23-16(2)3)19-13-9-6-10-14-19/h5-16,21H,4H2,1-3H3,(H,23,26)(H,24,25)/b17-15+/t21-/m0/s1. The van der Waals surface area contributed by atoms with Gasteiger partial charge in [-0.2, -0.15) is 0 Å². The highest BCUT2D eigenvalue weighted by Gasteiger charge is 2.22. The molecule has 0 aliphatic heterocycles. The van der Waals surface area contributed by atoms with Crippen LogP contribution in [0.4, 0.5) is 0 Å². The van der Waals surface area contributed by atoms with Crippen LogP contribution in [0.1, 0.15) is 44.4 Å². The molecule has 0 saturated carbocycles. The summed E-state index contributed by atoms with van der Waals surface area (Å²) in [7, 11) is 0. The van der Waals surface area contributed by atoms with Crippen molar-refractivity contribution in [1.82, 2.24) is 10.6 Å². The van der Waals surface area contributed by atoms with E-state index in [9.17, 15) is 9.59 Å². The first kappa shape index (κ1) is 19.4. The van der Waals surface area contributed by atoms with Crippen molar-refractivity contribution in [3.05, 3.63) is 77.9 Å². The molecule has 0 radical (unpaired) electrons. The monoisotopic (exact) mass is 350 g/mol. The quantitative estimate of drug-likeness (QED) is 0.745. The van der Waals surface area contributed by atoms with Crippen molar-refractivity contribution in [2.75, 3.05) is 0 Å². The van der Waals surface area contributed by atoms with Crippen LogP contribution in [0.15, 0.2) is 66.7 Å². The van der Waals surface area contributed by atoms with Crippen molar-refractivity contribution in [2.45, 2.75) is 39.3 Å². The highest BCUT2D eigenvalue weighted by molar-refractivity contribution is 5.98. The summed E-state index contributed by atoms with van der Waals surface area (Å²) >= 11 is 0. The molecular formula is C22H26N2O2. The lowest BCUT2D eigenvalue weighted by Gasteiger charge is -2.20. The summed E-state index contributed by atoms with van der Waals surface area (Å²) in [5.41, 5.74) is 2.69. The van der Waals surface area contributed by atoms with E-state index >= 15 is 0 Å². The van der Waals surface area contributed by atoms with Crippen LogP contribution in [0.5, 0.6) is 0 Å². The molecule has 2 rings (SSSR count). The second kappa shape index (κ2) is 9.56. The van der Waals surface area contributed by atoms with Gasteiger partial charge in [-0.1, -0.05) is 67.6 Å². The predicted molar refractivity (Wildman–Crippen MR) is 105 cm³/mol. The van der Waals surface area contributed by atoms with E-state index in [2.05, 4.69) is 10.6 Å². The van der Waals surface area contributed by atoms with Crippen molar-refractivity contribution in [3.63, 3.8) is 0 Å². The summed E-state index contributed by atoms with van der Waals surface area (Å²) in [6.07, 6.45) is 2.31. The maximum atomic E-state index is 12.6. The van der Waals surface area contributed by atoms with Crippen LogP contribution in [-0.2, 0) is 9.59 Å². The highest BCUT2D eigenvalue weighted by atomic mass is 16.2. The first-order chi connectivity index (χ1) is 12.5. The van der Waals surface area contributed by atoms with E-state index in [-0.39, 0.29) is 17.9 Å². The topological polar surface area (TPSA) is 58.2 Å². The number of hydrogen-bond acceptors (Lipinski definition) is 2. The third-order valence-electron chi connectivity index (χ3n) is 3.94. The first-order valence-corrected chi connectivity index (χ1v) is 8.93. The number of rotatable bonds is 7. The Morgan fingerprint density at radius 3 is 2.04 bits per heavy atom. The maximum Gasteiger partial charge on any atom is 0.247 e. The lowest BCUT2D eigenvalue weighted by molar-refractivity contribution is -0.127. The number of hydrogen-bond donors (Lipinski definition) is 2. The van der Waals surface area contributed by atoms with Crippen molar-refractivity contribution < 1.29 is 9.59 Å². The Hall–Kier alpha value is -2.88. The molecule has 0 aliphatic carbocycles. The van der Waals surface area contributed by atoms with Gasteiger partial charge in [-0.25, -0.2) is 0 Å². The molecule has 136 valence electrons. The molecule has 26 heavy (non-hydrogen) atoms. The van der Waals surface area contributed by atoms with E-state index in [1.807, 2.05) is 81.4 Å². The zero-order chi connectivity index (χ0) is 18.9. The molecule has 0 spiro atoms. The third-order valence-corrected chi connectivity index (χ3v) is 3.94. The molecule has 0 fully saturated rings. The lowest BCUT2D eigenvalue weighted by Crippen LogP contribution is -2.42. The average molecular weight is 350 g/mol. The van der Waals surface area contributed by atoms with Gasteiger partial charge < -0.3 is 10.6 Å². The maximum absolute atomic E-state index is 12.6. The molecule has 2 aromatic carbocycles. The Labute approximate surface area is 155 Å². The summed E-state index contributed by atoms with van der Waals surface area (Å²) in [6.45, 7) is 5.80. The van der Waals surface area contributed by atoms with Crippen LogP contribution < -0.4 is 10.6 Å².